The lowest BCUT2D eigenvalue weighted by atomic mass is 10.1. The van der Waals surface area contributed by atoms with Gasteiger partial charge in [-0.3, -0.25) is 4.98 Å². The number of halogens is 4. The van der Waals surface area contributed by atoms with Crippen LogP contribution < -0.4 is 4.74 Å². The van der Waals surface area contributed by atoms with E-state index < -0.39 is 23.9 Å². The smallest absolute Gasteiger partial charge is 0.478 e. The number of carboxylic acids is 1. The Kier molecular flexibility index (Phi) is 3.79. The highest BCUT2D eigenvalue weighted by Crippen LogP contribution is 2.27. The molecule has 4 nitrogen and oxygen atoms in total. The molecule has 0 radical (unpaired) electrons. The van der Waals surface area contributed by atoms with Gasteiger partial charge in [0.2, 0.25) is 0 Å². The number of ether oxygens (including phenoxy) is 1. The second kappa shape index (κ2) is 5.39. The first-order chi connectivity index (χ1) is 9.76. The summed E-state index contributed by atoms with van der Waals surface area (Å²) in [4.78, 5) is 14.3. The molecule has 1 heterocycles. The Balaban J connectivity index is 2.29. The number of aromatic nitrogens is 1. The van der Waals surface area contributed by atoms with Crippen LogP contribution >= 0.6 is 0 Å². The molecule has 2 aromatic rings. The van der Waals surface area contributed by atoms with Gasteiger partial charge in [-0.2, -0.15) is 0 Å². The van der Waals surface area contributed by atoms with Gasteiger partial charge in [-0.05, 0) is 30.3 Å². The summed E-state index contributed by atoms with van der Waals surface area (Å²) in [5, 5.41) is 8.69. The molecule has 0 amide bonds. The van der Waals surface area contributed by atoms with E-state index in [1.165, 1.54) is 12.1 Å². The number of nitrogens with zero attached hydrogens (tertiary/aromatic N) is 1. The molecule has 110 valence electrons. The van der Waals surface area contributed by atoms with Gasteiger partial charge in [-0.1, -0.05) is 0 Å². The number of benzene rings is 1. The van der Waals surface area contributed by atoms with Crippen molar-refractivity contribution < 1.29 is 32.2 Å². The second-order valence-electron chi connectivity index (χ2n) is 3.93. The molecule has 0 aliphatic carbocycles. The van der Waals surface area contributed by atoms with E-state index in [0.717, 1.165) is 24.4 Å². The van der Waals surface area contributed by atoms with Gasteiger partial charge in [0.1, 0.15) is 17.3 Å². The summed E-state index contributed by atoms with van der Waals surface area (Å²) in [6.45, 7) is 0. The third-order valence-electron chi connectivity index (χ3n) is 2.45. The molecular weight excluding hydrogens is 294 g/mol. The predicted molar refractivity (Wildman–Crippen MR) is 63.3 cm³/mol. The number of alkyl halides is 3. The van der Waals surface area contributed by atoms with E-state index in [-0.39, 0.29) is 16.8 Å². The van der Waals surface area contributed by atoms with E-state index in [1.54, 1.807) is 0 Å². The Morgan fingerprint density at radius 2 is 1.81 bits per heavy atom. The molecular formula is C13H7F4NO3. The molecule has 8 heteroatoms. The highest BCUT2D eigenvalue weighted by Gasteiger charge is 2.31. The standard InChI is InChI=1S/C13H7F4NO3/c14-10-5-8(12(19)20)6-18-11(10)7-1-3-9(4-2-7)21-13(15,16)17/h1-6H,(H,19,20). The van der Waals surface area contributed by atoms with E-state index in [2.05, 4.69) is 9.72 Å². The molecule has 0 fully saturated rings. The van der Waals surface area contributed by atoms with Crippen molar-refractivity contribution in [3.63, 3.8) is 0 Å². The molecule has 0 aliphatic rings. The molecule has 0 aliphatic heterocycles. The van der Waals surface area contributed by atoms with Gasteiger partial charge in [-0.15, -0.1) is 13.2 Å². The second-order valence-corrected chi connectivity index (χ2v) is 3.93. The summed E-state index contributed by atoms with van der Waals surface area (Å²) in [6, 6.07) is 5.18. The van der Waals surface area contributed by atoms with Crippen LogP contribution in [0.5, 0.6) is 5.75 Å². The molecule has 1 N–H and O–H groups in total. The lowest BCUT2D eigenvalue weighted by Crippen LogP contribution is -2.16. The van der Waals surface area contributed by atoms with Crippen LogP contribution in [0.25, 0.3) is 11.3 Å². The van der Waals surface area contributed by atoms with Crippen molar-refractivity contribution in [3.8, 4) is 17.0 Å². The molecule has 21 heavy (non-hydrogen) atoms. The van der Waals surface area contributed by atoms with Crippen molar-refractivity contribution in [2.24, 2.45) is 0 Å². The van der Waals surface area contributed by atoms with Gasteiger partial charge in [-0.25, -0.2) is 9.18 Å². The molecule has 0 saturated heterocycles. The minimum absolute atomic E-state index is 0.168. The highest BCUT2D eigenvalue weighted by atomic mass is 19.4. The topological polar surface area (TPSA) is 59.4 Å². The molecule has 0 saturated carbocycles. The normalized spacial score (nSPS) is 11.2. The van der Waals surface area contributed by atoms with E-state index in [1.807, 2.05) is 0 Å². The average molecular weight is 301 g/mol. The van der Waals surface area contributed by atoms with E-state index in [0.29, 0.717) is 0 Å². The molecule has 1 aromatic heterocycles. The van der Waals surface area contributed by atoms with E-state index in [4.69, 9.17) is 5.11 Å². The van der Waals surface area contributed by atoms with Crippen molar-refractivity contribution in [2.45, 2.75) is 6.36 Å². The predicted octanol–water partition coefficient (Wildman–Crippen LogP) is 3.48. The fraction of sp³-hybridized carbons (Fsp3) is 0.0769. The average Bonchev–Trinajstić information content (AvgIpc) is 2.38. The summed E-state index contributed by atoms with van der Waals surface area (Å²) in [7, 11) is 0. The van der Waals surface area contributed by atoms with Gasteiger partial charge >= 0.3 is 12.3 Å². The van der Waals surface area contributed by atoms with Crippen molar-refractivity contribution in [1.29, 1.82) is 0 Å². The Bertz CT molecular complexity index is 668. The maximum absolute atomic E-state index is 13.7. The summed E-state index contributed by atoms with van der Waals surface area (Å²) in [6.07, 6.45) is -3.85. The summed E-state index contributed by atoms with van der Waals surface area (Å²) in [5.41, 5.74) is -0.300. The summed E-state index contributed by atoms with van der Waals surface area (Å²) < 4.78 is 53.4. The third kappa shape index (κ3) is 3.68. The van der Waals surface area contributed by atoms with Crippen LogP contribution in [0.15, 0.2) is 36.5 Å². The van der Waals surface area contributed by atoms with Crippen molar-refractivity contribution in [2.75, 3.05) is 0 Å². The molecule has 0 unspecified atom stereocenters. The zero-order valence-electron chi connectivity index (χ0n) is 10.2. The first-order valence-electron chi connectivity index (χ1n) is 5.51. The Hall–Kier alpha value is -2.64. The lowest BCUT2D eigenvalue weighted by molar-refractivity contribution is -0.274. The first kappa shape index (κ1) is 14.8. The lowest BCUT2D eigenvalue weighted by Gasteiger charge is -2.09. The summed E-state index contributed by atoms with van der Waals surface area (Å²) >= 11 is 0. The third-order valence-corrected chi connectivity index (χ3v) is 2.45. The monoisotopic (exact) mass is 301 g/mol. The van der Waals surface area contributed by atoms with Gasteiger partial charge in [0.15, 0.2) is 0 Å². The van der Waals surface area contributed by atoms with Crippen molar-refractivity contribution in [3.05, 3.63) is 47.9 Å². The Labute approximate surface area is 115 Å². The molecule has 2 rings (SSSR count). The number of rotatable bonds is 3. The highest BCUT2D eigenvalue weighted by molar-refractivity contribution is 5.87. The zero-order chi connectivity index (χ0) is 15.6. The molecule has 0 spiro atoms. The van der Waals surface area contributed by atoms with Crippen LogP contribution in [0, 0.1) is 5.82 Å². The molecule has 0 bridgehead atoms. The van der Waals surface area contributed by atoms with E-state index in [9.17, 15) is 22.4 Å². The van der Waals surface area contributed by atoms with Gasteiger partial charge in [0.25, 0.3) is 0 Å². The number of carboxylic acid groups (broad SMARTS) is 1. The SMILES string of the molecule is O=C(O)c1cnc(-c2ccc(OC(F)(F)F)cc2)c(F)c1. The Morgan fingerprint density at radius 3 is 2.29 bits per heavy atom. The first-order valence-corrected chi connectivity index (χ1v) is 5.51. The van der Waals surface area contributed by atoms with Crippen LogP contribution in [0.3, 0.4) is 0 Å². The maximum Gasteiger partial charge on any atom is 0.573 e. The van der Waals surface area contributed by atoms with E-state index >= 15 is 0 Å². The summed E-state index contributed by atoms with van der Waals surface area (Å²) in [5.74, 6) is -2.67. The van der Waals surface area contributed by atoms with Crippen molar-refractivity contribution >= 4 is 5.97 Å². The number of carbonyl (C=O) groups is 1. The quantitative estimate of drug-likeness (QED) is 0.882. The van der Waals surface area contributed by atoms with Crippen LogP contribution in [0.2, 0.25) is 0 Å². The molecule has 0 atom stereocenters. The maximum atomic E-state index is 13.7. The molecule has 1 aromatic carbocycles. The minimum Gasteiger partial charge on any atom is -0.478 e. The number of hydrogen-bond donors (Lipinski definition) is 1. The fourth-order valence-corrected chi connectivity index (χ4v) is 1.58. The van der Waals surface area contributed by atoms with Crippen LogP contribution in [0.1, 0.15) is 10.4 Å². The van der Waals surface area contributed by atoms with Gasteiger partial charge < -0.3 is 9.84 Å². The van der Waals surface area contributed by atoms with Crippen LogP contribution in [-0.4, -0.2) is 22.4 Å². The minimum atomic E-state index is -4.81. The number of pyridine rings is 1. The van der Waals surface area contributed by atoms with Crippen molar-refractivity contribution in [1.82, 2.24) is 4.98 Å². The fourth-order valence-electron chi connectivity index (χ4n) is 1.58. The van der Waals surface area contributed by atoms with Crippen LogP contribution in [0.4, 0.5) is 17.6 Å². The largest absolute Gasteiger partial charge is 0.573 e. The van der Waals surface area contributed by atoms with Gasteiger partial charge in [0.05, 0.1) is 5.56 Å². The number of aromatic carboxylic acids is 1. The number of hydrogen-bond acceptors (Lipinski definition) is 3. The zero-order valence-corrected chi connectivity index (χ0v) is 10.2. The van der Waals surface area contributed by atoms with Gasteiger partial charge in [0, 0.05) is 11.8 Å². The van der Waals surface area contributed by atoms with Crippen LogP contribution in [-0.2, 0) is 0 Å². The Morgan fingerprint density at radius 1 is 1.19 bits per heavy atom.